The lowest BCUT2D eigenvalue weighted by atomic mass is 9.86. The van der Waals surface area contributed by atoms with Gasteiger partial charge >= 0.3 is 0 Å². The molecule has 2 amide bonds. The molecule has 1 aromatic carbocycles. The number of carbonyl (C=O) groups excluding carboxylic acids is 2. The SMILES string of the molecule is NC(=O)C(CNc1cccc(Cl)c1F)NC(=O)[CH]CC1CCCCC1. The van der Waals surface area contributed by atoms with Crippen molar-refractivity contribution in [2.24, 2.45) is 11.7 Å². The van der Waals surface area contributed by atoms with E-state index in [0.29, 0.717) is 12.3 Å². The second-order valence-electron chi connectivity index (χ2n) is 6.39. The standard InChI is InChI=1S/C18H24ClFN3O2/c19-13-7-4-8-14(17(13)20)22-11-15(18(21)25)23-16(24)10-9-12-5-2-1-3-6-12/h4,7-8,10,12,15,22H,1-3,5-6,9,11H2,(H2,21,25)(H,23,24). The molecule has 1 unspecified atom stereocenters. The van der Waals surface area contributed by atoms with Gasteiger partial charge in [-0.05, 0) is 24.5 Å². The fourth-order valence-corrected chi connectivity index (χ4v) is 3.18. The summed E-state index contributed by atoms with van der Waals surface area (Å²) in [5.74, 6) is -1.09. The van der Waals surface area contributed by atoms with Gasteiger partial charge < -0.3 is 16.4 Å². The highest BCUT2D eigenvalue weighted by Crippen LogP contribution is 2.27. The molecule has 2 rings (SSSR count). The lowest BCUT2D eigenvalue weighted by Gasteiger charge is -2.22. The lowest BCUT2D eigenvalue weighted by Crippen LogP contribution is -2.48. The molecule has 5 nitrogen and oxygen atoms in total. The summed E-state index contributed by atoms with van der Waals surface area (Å²) in [6, 6.07) is 3.57. The normalized spacial score (nSPS) is 16.2. The van der Waals surface area contributed by atoms with E-state index in [0.717, 1.165) is 12.8 Å². The maximum absolute atomic E-state index is 13.8. The Morgan fingerprint density at radius 3 is 2.72 bits per heavy atom. The number of nitrogens with two attached hydrogens (primary N) is 1. The van der Waals surface area contributed by atoms with Gasteiger partial charge in [0.25, 0.3) is 0 Å². The van der Waals surface area contributed by atoms with Gasteiger partial charge in [-0.15, -0.1) is 0 Å². The second-order valence-corrected chi connectivity index (χ2v) is 6.80. The molecule has 1 atom stereocenters. The third-order valence-electron chi connectivity index (χ3n) is 4.47. The van der Waals surface area contributed by atoms with Gasteiger partial charge in [0, 0.05) is 13.0 Å². The zero-order valence-corrected chi connectivity index (χ0v) is 14.8. The largest absolute Gasteiger partial charge is 0.380 e. The minimum absolute atomic E-state index is 0.0182. The first kappa shape index (κ1) is 19.5. The Morgan fingerprint density at radius 2 is 2.04 bits per heavy atom. The number of amides is 2. The molecule has 1 aromatic rings. The summed E-state index contributed by atoms with van der Waals surface area (Å²) in [7, 11) is 0. The molecule has 25 heavy (non-hydrogen) atoms. The number of halogens is 2. The van der Waals surface area contributed by atoms with Gasteiger partial charge in [-0.25, -0.2) is 4.39 Å². The molecule has 0 aliphatic heterocycles. The molecule has 4 N–H and O–H groups in total. The molecule has 0 spiro atoms. The average Bonchev–Trinajstić information content (AvgIpc) is 2.60. The number of benzene rings is 1. The smallest absolute Gasteiger partial charge is 0.241 e. The zero-order valence-electron chi connectivity index (χ0n) is 14.1. The van der Waals surface area contributed by atoms with E-state index in [-0.39, 0.29) is 23.2 Å². The Labute approximate surface area is 152 Å². The van der Waals surface area contributed by atoms with E-state index in [1.807, 2.05) is 0 Å². The summed E-state index contributed by atoms with van der Waals surface area (Å²) in [4.78, 5) is 23.6. The average molecular weight is 369 g/mol. The Kier molecular flexibility index (Phi) is 7.50. The Balaban J connectivity index is 1.82. The molecule has 1 aliphatic carbocycles. The van der Waals surface area contributed by atoms with Gasteiger partial charge in [0.15, 0.2) is 5.82 Å². The van der Waals surface area contributed by atoms with Crippen molar-refractivity contribution in [3.8, 4) is 0 Å². The van der Waals surface area contributed by atoms with Crippen LogP contribution in [0.5, 0.6) is 0 Å². The van der Waals surface area contributed by atoms with E-state index in [4.69, 9.17) is 17.3 Å². The molecule has 0 bridgehead atoms. The molecule has 1 fully saturated rings. The van der Waals surface area contributed by atoms with E-state index in [9.17, 15) is 14.0 Å². The number of rotatable bonds is 8. The van der Waals surface area contributed by atoms with Crippen LogP contribution in [0.3, 0.4) is 0 Å². The van der Waals surface area contributed by atoms with Gasteiger partial charge in [-0.1, -0.05) is 49.8 Å². The summed E-state index contributed by atoms with van der Waals surface area (Å²) >= 11 is 5.71. The Morgan fingerprint density at radius 1 is 1.32 bits per heavy atom. The van der Waals surface area contributed by atoms with Gasteiger partial charge in [-0.2, -0.15) is 0 Å². The van der Waals surface area contributed by atoms with Crippen molar-refractivity contribution in [1.82, 2.24) is 5.32 Å². The van der Waals surface area contributed by atoms with Crippen molar-refractivity contribution in [2.45, 2.75) is 44.6 Å². The first-order valence-corrected chi connectivity index (χ1v) is 8.96. The number of hydrogen-bond donors (Lipinski definition) is 3. The summed E-state index contributed by atoms with van der Waals surface area (Å²) in [6.45, 7) is -0.0182. The van der Waals surface area contributed by atoms with Crippen molar-refractivity contribution in [1.29, 1.82) is 0 Å². The van der Waals surface area contributed by atoms with Crippen molar-refractivity contribution in [3.05, 3.63) is 35.5 Å². The summed E-state index contributed by atoms with van der Waals surface area (Å²) in [5, 5.41) is 5.31. The van der Waals surface area contributed by atoms with Crippen LogP contribution in [-0.4, -0.2) is 24.4 Å². The van der Waals surface area contributed by atoms with E-state index in [1.54, 1.807) is 12.5 Å². The van der Waals surface area contributed by atoms with Crippen LogP contribution in [0.15, 0.2) is 18.2 Å². The highest BCUT2D eigenvalue weighted by Gasteiger charge is 2.20. The molecule has 0 saturated heterocycles. The molecular formula is C18H24ClFN3O2. The minimum Gasteiger partial charge on any atom is -0.380 e. The monoisotopic (exact) mass is 368 g/mol. The molecule has 1 radical (unpaired) electrons. The molecule has 1 aliphatic rings. The highest BCUT2D eigenvalue weighted by molar-refractivity contribution is 6.31. The quantitative estimate of drug-likeness (QED) is 0.659. The highest BCUT2D eigenvalue weighted by atomic mass is 35.5. The van der Waals surface area contributed by atoms with Gasteiger partial charge in [0.05, 0.1) is 10.7 Å². The number of nitrogens with one attached hydrogen (secondary N) is 2. The van der Waals surface area contributed by atoms with E-state index in [1.165, 1.54) is 31.4 Å². The number of hydrogen-bond acceptors (Lipinski definition) is 3. The molecule has 0 aromatic heterocycles. The van der Waals surface area contributed by atoms with Crippen LogP contribution in [0.25, 0.3) is 0 Å². The van der Waals surface area contributed by atoms with Crippen LogP contribution in [0, 0.1) is 18.2 Å². The van der Waals surface area contributed by atoms with Crippen molar-refractivity contribution >= 4 is 29.1 Å². The third kappa shape index (κ3) is 6.20. The number of anilines is 1. The van der Waals surface area contributed by atoms with Crippen molar-refractivity contribution in [3.63, 3.8) is 0 Å². The predicted octanol–water partition coefficient (Wildman–Crippen LogP) is 3.04. The number of primary amides is 1. The van der Waals surface area contributed by atoms with Gasteiger partial charge in [-0.3, -0.25) is 9.59 Å². The van der Waals surface area contributed by atoms with Crippen LogP contribution in [0.4, 0.5) is 10.1 Å². The minimum atomic E-state index is -0.937. The Bertz CT molecular complexity index is 606. The van der Waals surface area contributed by atoms with E-state index < -0.39 is 17.8 Å². The zero-order chi connectivity index (χ0) is 18.2. The first-order chi connectivity index (χ1) is 12.0. The fraction of sp³-hybridized carbons (Fsp3) is 0.500. The molecule has 0 heterocycles. The van der Waals surface area contributed by atoms with Gasteiger partial charge in [0.1, 0.15) is 6.04 Å². The topological polar surface area (TPSA) is 84.2 Å². The maximum Gasteiger partial charge on any atom is 0.241 e. The third-order valence-corrected chi connectivity index (χ3v) is 4.76. The van der Waals surface area contributed by atoms with Crippen LogP contribution in [0.1, 0.15) is 38.5 Å². The van der Waals surface area contributed by atoms with Crippen LogP contribution < -0.4 is 16.4 Å². The maximum atomic E-state index is 13.8. The summed E-state index contributed by atoms with van der Waals surface area (Å²) in [6.07, 6.45) is 8.23. The van der Waals surface area contributed by atoms with Crippen molar-refractivity contribution < 1.29 is 14.0 Å². The van der Waals surface area contributed by atoms with Gasteiger partial charge in [0.2, 0.25) is 11.8 Å². The van der Waals surface area contributed by atoms with Crippen LogP contribution in [0.2, 0.25) is 5.02 Å². The molecule has 1 saturated carbocycles. The molecule has 137 valence electrons. The van der Waals surface area contributed by atoms with Crippen LogP contribution >= 0.6 is 11.6 Å². The predicted molar refractivity (Wildman–Crippen MR) is 96.5 cm³/mol. The van der Waals surface area contributed by atoms with Crippen LogP contribution in [-0.2, 0) is 9.59 Å². The summed E-state index contributed by atoms with van der Waals surface area (Å²) < 4.78 is 13.8. The number of carbonyl (C=O) groups is 2. The van der Waals surface area contributed by atoms with Crippen molar-refractivity contribution in [2.75, 3.05) is 11.9 Å². The van der Waals surface area contributed by atoms with E-state index >= 15 is 0 Å². The fourth-order valence-electron chi connectivity index (χ4n) is 3.00. The molecular weight excluding hydrogens is 345 g/mol. The Hall–Kier alpha value is -1.82. The van der Waals surface area contributed by atoms with E-state index in [2.05, 4.69) is 10.6 Å². The summed E-state index contributed by atoms with van der Waals surface area (Å²) in [5.41, 5.74) is 5.48. The lowest BCUT2D eigenvalue weighted by molar-refractivity contribution is -0.125. The first-order valence-electron chi connectivity index (χ1n) is 8.58. The molecule has 7 heteroatoms. The second kappa shape index (κ2) is 9.61.